The van der Waals surface area contributed by atoms with Gasteiger partial charge in [0, 0.05) is 31.2 Å². The maximum Gasteiger partial charge on any atom is 0.254 e. The van der Waals surface area contributed by atoms with Crippen molar-refractivity contribution in [2.45, 2.75) is 19.4 Å². The van der Waals surface area contributed by atoms with Crippen LogP contribution >= 0.6 is 0 Å². The monoisotopic (exact) mass is 306 g/mol. The van der Waals surface area contributed by atoms with E-state index in [1.165, 1.54) is 5.56 Å². The van der Waals surface area contributed by atoms with Crippen LogP contribution in [0.15, 0.2) is 48.5 Å². The third kappa shape index (κ3) is 2.45. The van der Waals surface area contributed by atoms with E-state index in [0.717, 1.165) is 42.7 Å². The molecule has 0 aliphatic carbocycles. The lowest BCUT2D eigenvalue weighted by Crippen LogP contribution is -2.39. The molecule has 4 rings (SSSR count). The highest BCUT2D eigenvalue weighted by atomic mass is 16.2. The van der Waals surface area contributed by atoms with Gasteiger partial charge in [0.2, 0.25) is 0 Å². The van der Waals surface area contributed by atoms with Crippen LogP contribution in [0.1, 0.15) is 22.3 Å². The van der Waals surface area contributed by atoms with E-state index in [1.54, 1.807) is 0 Å². The van der Waals surface area contributed by atoms with Crippen molar-refractivity contribution in [1.82, 2.24) is 10.2 Å². The topological polar surface area (TPSA) is 32.3 Å². The summed E-state index contributed by atoms with van der Waals surface area (Å²) in [5.41, 5.74) is 4.23. The van der Waals surface area contributed by atoms with Crippen molar-refractivity contribution in [3.8, 4) is 11.1 Å². The summed E-state index contributed by atoms with van der Waals surface area (Å²) in [5.74, 6) is 0.810. The lowest BCUT2D eigenvalue weighted by molar-refractivity contribution is 0.0738. The zero-order chi connectivity index (χ0) is 15.8. The molecule has 2 aliphatic heterocycles. The average molecular weight is 306 g/mol. The van der Waals surface area contributed by atoms with Gasteiger partial charge in [0.15, 0.2) is 0 Å². The summed E-state index contributed by atoms with van der Waals surface area (Å²) in [6, 6.07) is 16.7. The fourth-order valence-electron chi connectivity index (χ4n) is 4.04. The second-order valence-corrected chi connectivity index (χ2v) is 6.63. The normalized spacial score (nSPS) is 23.1. The van der Waals surface area contributed by atoms with Gasteiger partial charge in [0.1, 0.15) is 0 Å². The molecule has 2 fully saturated rings. The van der Waals surface area contributed by atoms with Crippen LogP contribution in [0.4, 0.5) is 0 Å². The molecular weight excluding hydrogens is 284 g/mol. The van der Waals surface area contributed by atoms with Gasteiger partial charge in [-0.2, -0.15) is 0 Å². The maximum absolute atomic E-state index is 13.2. The van der Waals surface area contributed by atoms with Crippen molar-refractivity contribution in [2.24, 2.45) is 5.92 Å². The van der Waals surface area contributed by atoms with Crippen molar-refractivity contribution in [3.63, 3.8) is 0 Å². The standard InChI is InChI=1S/C20H22N2O/c1-14-6-2-3-7-16(14)17-8-4-5-9-18(17)20(23)22-11-10-15-12-21-13-19(15)22/h2-9,15,19,21H,10-13H2,1H3. The smallest absolute Gasteiger partial charge is 0.254 e. The van der Waals surface area contributed by atoms with Crippen LogP contribution in [-0.4, -0.2) is 36.5 Å². The van der Waals surface area contributed by atoms with Gasteiger partial charge in [0.25, 0.3) is 5.91 Å². The summed E-state index contributed by atoms with van der Waals surface area (Å²) < 4.78 is 0. The van der Waals surface area contributed by atoms with Gasteiger partial charge in [-0.25, -0.2) is 0 Å². The first-order chi connectivity index (χ1) is 11.3. The molecule has 3 heteroatoms. The van der Waals surface area contributed by atoms with Crippen LogP contribution in [0.3, 0.4) is 0 Å². The molecule has 2 saturated heterocycles. The van der Waals surface area contributed by atoms with Gasteiger partial charge in [-0.3, -0.25) is 4.79 Å². The highest BCUT2D eigenvalue weighted by Crippen LogP contribution is 2.32. The first kappa shape index (κ1) is 14.5. The van der Waals surface area contributed by atoms with E-state index in [-0.39, 0.29) is 5.91 Å². The molecule has 0 radical (unpaired) electrons. The third-order valence-electron chi connectivity index (χ3n) is 5.30. The number of carbonyl (C=O) groups is 1. The molecule has 1 N–H and O–H groups in total. The number of rotatable bonds is 2. The molecule has 0 spiro atoms. The highest BCUT2D eigenvalue weighted by molar-refractivity contribution is 6.01. The largest absolute Gasteiger partial charge is 0.334 e. The zero-order valence-corrected chi connectivity index (χ0v) is 13.5. The quantitative estimate of drug-likeness (QED) is 0.924. The maximum atomic E-state index is 13.2. The Morgan fingerprint density at radius 1 is 1.04 bits per heavy atom. The number of fused-ring (bicyclic) bond motifs is 1. The Morgan fingerprint density at radius 2 is 1.78 bits per heavy atom. The Balaban J connectivity index is 1.72. The molecule has 2 aromatic rings. The summed E-state index contributed by atoms with van der Waals surface area (Å²) in [4.78, 5) is 15.3. The Labute approximate surface area is 137 Å². The van der Waals surface area contributed by atoms with E-state index >= 15 is 0 Å². The van der Waals surface area contributed by atoms with Gasteiger partial charge in [0.05, 0.1) is 0 Å². The summed E-state index contributed by atoms with van der Waals surface area (Å²) in [6.45, 7) is 4.97. The molecule has 1 amide bonds. The SMILES string of the molecule is Cc1ccccc1-c1ccccc1C(=O)N1CCC2CNCC21. The molecule has 23 heavy (non-hydrogen) atoms. The number of likely N-dealkylation sites (tertiary alicyclic amines) is 1. The van der Waals surface area contributed by atoms with Gasteiger partial charge in [-0.05, 0) is 42.0 Å². The van der Waals surface area contributed by atoms with Crippen molar-refractivity contribution >= 4 is 5.91 Å². The summed E-state index contributed by atoms with van der Waals surface area (Å²) in [7, 11) is 0. The molecular formula is C20H22N2O. The Morgan fingerprint density at radius 3 is 2.61 bits per heavy atom. The van der Waals surface area contributed by atoms with Crippen molar-refractivity contribution in [3.05, 3.63) is 59.7 Å². The van der Waals surface area contributed by atoms with Gasteiger partial charge in [-0.1, -0.05) is 42.5 Å². The number of hydrogen-bond acceptors (Lipinski definition) is 2. The van der Waals surface area contributed by atoms with E-state index in [0.29, 0.717) is 12.0 Å². The Hall–Kier alpha value is -2.13. The second kappa shape index (κ2) is 5.82. The Bertz CT molecular complexity index is 740. The molecule has 118 valence electrons. The second-order valence-electron chi connectivity index (χ2n) is 6.63. The van der Waals surface area contributed by atoms with Gasteiger partial charge in [-0.15, -0.1) is 0 Å². The van der Waals surface area contributed by atoms with Crippen LogP contribution in [0.25, 0.3) is 11.1 Å². The fraction of sp³-hybridized carbons (Fsp3) is 0.350. The molecule has 2 atom stereocenters. The van der Waals surface area contributed by atoms with E-state index in [4.69, 9.17) is 0 Å². The number of nitrogens with one attached hydrogen (secondary N) is 1. The van der Waals surface area contributed by atoms with Crippen LogP contribution in [0, 0.1) is 12.8 Å². The number of nitrogens with zero attached hydrogens (tertiary/aromatic N) is 1. The molecule has 2 aliphatic rings. The lowest BCUT2D eigenvalue weighted by atomic mass is 9.95. The molecule has 0 bridgehead atoms. The predicted octanol–water partition coefficient (Wildman–Crippen LogP) is 3.10. The average Bonchev–Trinajstić information content (AvgIpc) is 3.18. The van der Waals surface area contributed by atoms with Gasteiger partial charge >= 0.3 is 0 Å². The number of carbonyl (C=O) groups excluding carboxylic acids is 1. The van der Waals surface area contributed by atoms with Gasteiger partial charge < -0.3 is 10.2 Å². The fourth-order valence-corrected chi connectivity index (χ4v) is 4.04. The summed E-state index contributed by atoms with van der Waals surface area (Å²) >= 11 is 0. The molecule has 0 saturated carbocycles. The Kier molecular flexibility index (Phi) is 3.66. The number of benzene rings is 2. The molecule has 2 heterocycles. The summed E-state index contributed by atoms with van der Waals surface area (Å²) in [6.07, 6.45) is 1.12. The first-order valence-electron chi connectivity index (χ1n) is 8.42. The predicted molar refractivity (Wildman–Crippen MR) is 92.4 cm³/mol. The molecule has 2 unspecified atom stereocenters. The van der Waals surface area contributed by atoms with Crippen LogP contribution in [0.2, 0.25) is 0 Å². The van der Waals surface area contributed by atoms with E-state index in [2.05, 4.69) is 35.3 Å². The number of amides is 1. The van der Waals surface area contributed by atoms with Crippen molar-refractivity contribution < 1.29 is 4.79 Å². The van der Waals surface area contributed by atoms with Crippen LogP contribution < -0.4 is 5.32 Å². The molecule has 0 aromatic heterocycles. The zero-order valence-electron chi connectivity index (χ0n) is 13.5. The van der Waals surface area contributed by atoms with E-state index in [1.807, 2.05) is 30.3 Å². The molecule has 3 nitrogen and oxygen atoms in total. The van der Waals surface area contributed by atoms with Crippen molar-refractivity contribution in [1.29, 1.82) is 0 Å². The first-order valence-corrected chi connectivity index (χ1v) is 8.42. The minimum absolute atomic E-state index is 0.181. The van der Waals surface area contributed by atoms with E-state index in [9.17, 15) is 4.79 Å². The van der Waals surface area contributed by atoms with E-state index < -0.39 is 0 Å². The van der Waals surface area contributed by atoms with Crippen molar-refractivity contribution in [2.75, 3.05) is 19.6 Å². The number of hydrogen-bond donors (Lipinski definition) is 1. The molecule has 2 aromatic carbocycles. The summed E-state index contributed by atoms with van der Waals surface area (Å²) in [5, 5.41) is 3.42. The highest BCUT2D eigenvalue weighted by Gasteiger charge is 2.40. The van der Waals surface area contributed by atoms with Crippen LogP contribution in [0.5, 0.6) is 0 Å². The minimum atomic E-state index is 0.181. The minimum Gasteiger partial charge on any atom is -0.334 e. The number of aryl methyl sites for hydroxylation is 1. The lowest BCUT2D eigenvalue weighted by Gasteiger charge is -2.25. The van der Waals surface area contributed by atoms with Crippen LogP contribution in [-0.2, 0) is 0 Å². The third-order valence-corrected chi connectivity index (χ3v) is 5.30.